The Bertz CT molecular complexity index is 486. The summed E-state index contributed by atoms with van der Waals surface area (Å²) in [5, 5.41) is 3.00. The van der Waals surface area contributed by atoms with Crippen LogP contribution in [-0.2, 0) is 17.9 Å². The van der Waals surface area contributed by atoms with Crippen LogP contribution in [0.15, 0.2) is 18.2 Å². The highest BCUT2D eigenvalue weighted by Gasteiger charge is 2.23. The molecule has 0 saturated heterocycles. The lowest BCUT2D eigenvalue weighted by molar-refractivity contribution is -0.123. The average molecular weight is 260 g/mol. The van der Waals surface area contributed by atoms with Gasteiger partial charge in [-0.2, -0.15) is 0 Å². The van der Waals surface area contributed by atoms with Crippen LogP contribution in [0.5, 0.6) is 0 Å². The van der Waals surface area contributed by atoms with Gasteiger partial charge in [0.15, 0.2) is 0 Å². The lowest BCUT2D eigenvalue weighted by atomic mass is 9.95. The SMILES string of the molecule is CC(C)N1Cc2ccc(NC(=O)C(C)(C)C)cc2C1. The van der Waals surface area contributed by atoms with E-state index in [1.54, 1.807) is 0 Å². The molecule has 0 saturated carbocycles. The first kappa shape index (κ1) is 14.1. The van der Waals surface area contributed by atoms with E-state index in [0.717, 1.165) is 18.8 Å². The van der Waals surface area contributed by atoms with Crippen LogP contribution in [-0.4, -0.2) is 16.8 Å². The molecule has 1 amide bonds. The van der Waals surface area contributed by atoms with Crippen molar-refractivity contribution in [2.75, 3.05) is 5.32 Å². The lowest BCUT2D eigenvalue weighted by Crippen LogP contribution is -2.27. The molecule has 2 rings (SSSR count). The molecule has 1 aromatic carbocycles. The van der Waals surface area contributed by atoms with Gasteiger partial charge in [0.05, 0.1) is 0 Å². The number of hydrogen-bond acceptors (Lipinski definition) is 2. The van der Waals surface area contributed by atoms with Gasteiger partial charge in [-0.1, -0.05) is 26.8 Å². The summed E-state index contributed by atoms with van der Waals surface area (Å²) in [5.41, 5.74) is 3.26. The van der Waals surface area contributed by atoms with E-state index < -0.39 is 0 Å². The van der Waals surface area contributed by atoms with Gasteiger partial charge in [-0.25, -0.2) is 0 Å². The normalized spacial score (nSPS) is 15.7. The van der Waals surface area contributed by atoms with Crippen molar-refractivity contribution < 1.29 is 4.79 Å². The predicted octanol–water partition coefficient (Wildman–Crippen LogP) is 3.40. The largest absolute Gasteiger partial charge is 0.326 e. The molecule has 1 aliphatic heterocycles. The van der Waals surface area contributed by atoms with Crippen molar-refractivity contribution in [1.29, 1.82) is 0 Å². The van der Waals surface area contributed by atoms with E-state index in [1.165, 1.54) is 11.1 Å². The zero-order chi connectivity index (χ0) is 14.2. The van der Waals surface area contributed by atoms with E-state index in [4.69, 9.17) is 0 Å². The van der Waals surface area contributed by atoms with Gasteiger partial charge in [0.25, 0.3) is 0 Å². The van der Waals surface area contributed by atoms with Crippen molar-refractivity contribution in [1.82, 2.24) is 4.90 Å². The number of nitrogens with zero attached hydrogens (tertiary/aromatic N) is 1. The van der Waals surface area contributed by atoms with E-state index in [0.29, 0.717) is 6.04 Å². The monoisotopic (exact) mass is 260 g/mol. The maximum Gasteiger partial charge on any atom is 0.229 e. The van der Waals surface area contributed by atoms with Crippen LogP contribution in [0.25, 0.3) is 0 Å². The molecule has 19 heavy (non-hydrogen) atoms. The highest BCUT2D eigenvalue weighted by Crippen LogP contribution is 2.27. The smallest absolute Gasteiger partial charge is 0.229 e. The second-order valence-corrected chi connectivity index (χ2v) is 6.69. The van der Waals surface area contributed by atoms with Gasteiger partial charge in [-0.05, 0) is 37.1 Å². The van der Waals surface area contributed by atoms with Crippen molar-refractivity contribution in [2.45, 2.75) is 53.8 Å². The standard InChI is InChI=1S/C16H24N2O/c1-11(2)18-9-12-6-7-14(8-13(12)10-18)17-15(19)16(3,4)5/h6-8,11H,9-10H2,1-5H3,(H,17,19). The number of nitrogens with one attached hydrogen (secondary N) is 1. The summed E-state index contributed by atoms with van der Waals surface area (Å²) in [6.45, 7) is 12.2. The molecule has 1 N–H and O–H groups in total. The number of hydrogen-bond donors (Lipinski definition) is 1. The Hall–Kier alpha value is -1.35. The minimum atomic E-state index is -0.358. The van der Waals surface area contributed by atoms with Gasteiger partial charge >= 0.3 is 0 Å². The van der Waals surface area contributed by atoms with E-state index in [2.05, 4.69) is 36.2 Å². The van der Waals surface area contributed by atoms with Crippen LogP contribution in [0.4, 0.5) is 5.69 Å². The minimum absolute atomic E-state index is 0.0613. The lowest BCUT2D eigenvalue weighted by Gasteiger charge is -2.19. The molecule has 0 aromatic heterocycles. The maximum atomic E-state index is 12.0. The van der Waals surface area contributed by atoms with Gasteiger partial charge in [0.1, 0.15) is 0 Å². The molecule has 0 atom stereocenters. The summed E-state index contributed by atoms with van der Waals surface area (Å²) >= 11 is 0. The first-order chi connectivity index (χ1) is 8.77. The Morgan fingerprint density at radius 3 is 2.42 bits per heavy atom. The fourth-order valence-corrected chi connectivity index (χ4v) is 2.18. The Morgan fingerprint density at radius 2 is 1.84 bits per heavy atom. The van der Waals surface area contributed by atoms with Crippen molar-refractivity contribution in [3.8, 4) is 0 Å². The van der Waals surface area contributed by atoms with E-state index in [-0.39, 0.29) is 11.3 Å². The van der Waals surface area contributed by atoms with Crippen molar-refractivity contribution in [3.63, 3.8) is 0 Å². The summed E-state index contributed by atoms with van der Waals surface area (Å²) in [6, 6.07) is 6.81. The van der Waals surface area contributed by atoms with E-state index in [1.807, 2.05) is 26.8 Å². The van der Waals surface area contributed by atoms with Gasteiger partial charge in [0, 0.05) is 30.2 Å². The van der Waals surface area contributed by atoms with Crippen LogP contribution in [0.2, 0.25) is 0 Å². The van der Waals surface area contributed by atoms with Crippen LogP contribution < -0.4 is 5.32 Å². The number of amides is 1. The molecule has 0 bridgehead atoms. The fraction of sp³-hybridized carbons (Fsp3) is 0.562. The van der Waals surface area contributed by atoms with E-state index >= 15 is 0 Å². The predicted molar refractivity (Wildman–Crippen MR) is 78.9 cm³/mol. The summed E-state index contributed by atoms with van der Waals surface area (Å²) in [7, 11) is 0. The average Bonchev–Trinajstić information content (AvgIpc) is 2.70. The maximum absolute atomic E-state index is 12.0. The molecule has 104 valence electrons. The van der Waals surface area contributed by atoms with Gasteiger partial charge in [-0.15, -0.1) is 0 Å². The summed E-state index contributed by atoms with van der Waals surface area (Å²) in [4.78, 5) is 14.4. The number of benzene rings is 1. The molecule has 0 fully saturated rings. The molecule has 1 aromatic rings. The molecule has 0 radical (unpaired) electrons. The molecule has 0 unspecified atom stereocenters. The highest BCUT2D eigenvalue weighted by atomic mass is 16.2. The molecule has 0 aliphatic carbocycles. The Labute approximate surface area is 116 Å². The molecule has 3 nitrogen and oxygen atoms in total. The van der Waals surface area contributed by atoms with E-state index in [9.17, 15) is 4.79 Å². The topological polar surface area (TPSA) is 32.3 Å². The third kappa shape index (κ3) is 3.16. The number of carbonyl (C=O) groups excluding carboxylic acids is 1. The molecular weight excluding hydrogens is 236 g/mol. The van der Waals surface area contributed by atoms with Crippen molar-refractivity contribution in [3.05, 3.63) is 29.3 Å². The summed E-state index contributed by atoms with van der Waals surface area (Å²) in [6.07, 6.45) is 0. The first-order valence-corrected chi connectivity index (χ1v) is 6.94. The number of anilines is 1. The summed E-state index contributed by atoms with van der Waals surface area (Å²) in [5.74, 6) is 0.0613. The zero-order valence-electron chi connectivity index (χ0n) is 12.6. The van der Waals surface area contributed by atoms with Crippen LogP contribution in [0.3, 0.4) is 0 Å². The van der Waals surface area contributed by atoms with Crippen molar-refractivity contribution in [2.24, 2.45) is 5.41 Å². The van der Waals surface area contributed by atoms with Gasteiger partial charge < -0.3 is 5.32 Å². The highest BCUT2D eigenvalue weighted by molar-refractivity contribution is 5.94. The molecular formula is C16H24N2O. The van der Waals surface area contributed by atoms with Gasteiger partial charge in [0.2, 0.25) is 5.91 Å². The molecule has 3 heteroatoms. The molecule has 1 heterocycles. The third-order valence-electron chi connectivity index (χ3n) is 3.62. The fourth-order valence-electron chi connectivity index (χ4n) is 2.18. The number of rotatable bonds is 2. The zero-order valence-corrected chi connectivity index (χ0v) is 12.6. The van der Waals surface area contributed by atoms with Crippen LogP contribution >= 0.6 is 0 Å². The molecule has 1 aliphatic rings. The quantitative estimate of drug-likeness (QED) is 0.884. The third-order valence-corrected chi connectivity index (χ3v) is 3.62. The molecule has 0 spiro atoms. The first-order valence-electron chi connectivity index (χ1n) is 6.94. The van der Waals surface area contributed by atoms with Crippen LogP contribution in [0.1, 0.15) is 45.7 Å². The number of carbonyl (C=O) groups is 1. The second kappa shape index (κ2) is 4.97. The Balaban J connectivity index is 2.12. The van der Waals surface area contributed by atoms with Crippen LogP contribution in [0, 0.1) is 5.41 Å². The Kier molecular flexibility index (Phi) is 3.68. The summed E-state index contributed by atoms with van der Waals surface area (Å²) < 4.78 is 0. The van der Waals surface area contributed by atoms with Gasteiger partial charge in [-0.3, -0.25) is 9.69 Å². The number of fused-ring (bicyclic) bond motifs is 1. The van der Waals surface area contributed by atoms with Crippen molar-refractivity contribution >= 4 is 11.6 Å². The Morgan fingerprint density at radius 1 is 1.21 bits per heavy atom. The second-order valence-electron chi connectivity index (χ2n) is 6.69. The minimum Gasteiger partial charge on any atom is -0.326 e.